The van der Waals surface area contributed by atoms with Crippen LogP contribution in [0.3, 0.4) is 0 Å². The molecule has 2 aliphatic rings. The normalized spacial score (nSPS) is 28.7. The first-order chi connectivity index (χ1) is 15.7. The maximum atomic E-state index is 12.2. The average Bonchev–Trinajstić information content (AvgIpc) is 2.99. The predicted molar refractivity (Wildman–Crippen MR) is 119 cm³/mol. The van der Waals surface area contributed by atoms with Crippen molar-refractivity contribution in [2.75, 3.05) is 6.61 Å². The molecule has 4 atom stereocenters. The highest BCUT2D eigenvalue weighted by Gasteiger charge is 2.44. The Labute approximate surface area is 194 Å². The van der Waals surface area contributed by atoms with Gasteiger partial charge in [-0.1, -0.05) is 63.9 Å². The number of urea groups is 1. The number of carbonyl (C=O) groups is 2. The number of rotatable bonds is 6. The van der Waals surface area contributed by atoms with Gasteiger partial charge in [-0.2, -0.15) is 0 Å². The van der Waals surface area contributed by atoms with Crippen LogP contribution >= 0.6 is 7.82 Å². The minimum Gasteiger partial charge on any atom is -0.387 e. The number of hydrogen-bond donors (Lipinski definition) is 6. The first kappa shape index (κ1) is 27.9. The lowest BCUT2D eigenvalue weighted by molar-refractivity contribution is -0.115. The van der Waals surface area contributed by atoms with Crippen LogP contribution in [0.2, 0.25) is 0 Å². The van der Waals surface area contributed by atoms with E-state index >= 15 is 0 Å². The molecule has 33 heavy (non-hydrogen) atoms. The number of phosphoric ester groups is 1. The van der Waals surface area contributed by atoms with E-state index in [0.29, 0.717) is 0 Å². The molecule has 1 saturated heterocycles. The van der Waals surface area contributed by atoms with E-state index in [1.807, 2.05) is 6.08 Å². The second kappa shape index (κ2) is 14.2. The fraction of sp³-hybridized carbons (Fsp3) is 0.810. The maximum Gasteiger partial charge on any atom is 0.469 e. The molecule has 6 N–H and O–H groups in total. The number of aliphatic hydroxyl groups is 2. The summed E-state index contributed by atoms with van der Waals surface area (Å²) in [5.74, 6) is -0.337. The van der Waals surface area contributed by atoms with Crippen molar-refractivity contribution < 1.29 is 43.4 Å². The number of phosphoric acid groups is 1. The van der Waals surface area contributed by atoms with Gasteiger partial charge < -0.3 is 30.1 Å². The van der Waals surface area contributed by atoms with E-state index in [1.54, 1.807) is 0 Å². The third-order valence-corrected chi connectivity index (χ3v) is 6.43. The van der Waals surface area contributed by atoms with Crippen LogP contribution in [0.25, 0.3) is 0 Å². The van der Waals surface area contributed by atoms with Crippen LogP contribution in [0.5, 0.6) is 0 Å². The van der Waals surface area contributed by atoms with Crippen LogP contribution in [-0.2, 0) is 18.6 Å². The molecular weight excluding hydrogens is 455 g/mol. The molecule has 11 nitrogen and oxygen atoms in total. The molecule has 190 valence electrons. The van der Waals surface area contributed by atoms with Crippen LogP contribution in [0.15, 0.2) is 12.2 Å². The number of hydrogen-bond acceptors (Lipinski definition) is 7. The van der Waals surface area contributed by atoms with Gasteiger partial charge >= 0.3 is 13.9 Å². The molecule has 4 unspecified atom stereocenters. The Morgan fingerprint density at radius 2 is 1.48 bits per heavy atom. The van der Waals surface area contributed by atoms with Crippen LogP contribution in [0.1, 0.15) is 70.6 Å². The summed E-state index contributed by atoms with van der Waals surface area (Å²) >= 11 is 0. The predicted octanol–water partition coefficient (Wildman–Crippen LogP) is 1.85. The largest absolute Gasteiger partial charge is 0.469 e. The highest BCUT2D eigenvalue weighted by molar-refractivity contribution is 7.46. The Morgan fingerprint density at radius 3 is 2.03 bits per heavy atom. The Bertz CT molecular complexity index is 687. The summed E-state index contributed by atoms with van der Waals surface area (Å²) in [5.41, 5.74) is 0. The number of imide groups is 1. The Kier molecular flexibility index (Phi) is 12.0. The van der Waals surface area contributed by atoms with Crippen LogP contribution < -0.4 is 10.6 Å². The maximum absolute atomic E-state index is 12.2. The van der Waals surface area contributed by atoms with E-state index < -0.39 is 50.9 Å². The lowest BCUT2D eigenvalue weighted by Gasteiger charge is -2.16. The molecule has 2 fully saturated rings. The Morgan fingerprint density at radius 1 is 0.939 bits per heavy atom. The van der Waals surface area contributed by atoms with Gasteiger partial charge in [-0.3, -0.25) is 14.6 Å². The second-order valence-electron chi connectivity index (χ2n) is 8.70. The standard InChI is InChI=1S/C21H37N2O9P/c24-17(13-12-15-10-8-6-4-2-1-3-5-7-9-11-15)22-21(27)23-20-19(26)18(25)16(32-20)14-31-33(28,29)30/h12-13,15-16,18-20,25-26H,1-11,14H2,(H2,28,29,30)(H2,22,23,24,27)/b13-12-. The van der Waals surface area contributed by atoms with Crippen LogP contribution in [0.4, 0.5) is 4.79 Å². The number of allylic oxidation sites excluding steroid dienone is 1. The minimum atomic E-state index is -4.79. The third-order valence-electron chi connectivity index (χ3n) is 5.95. The lowest BCUT2D eigenvalue weighted by atomic mass is 9.92. The minimum absolute atomic E-state index is 0.281. The topological polar surface area (TPSA) is 175 Å². The molecule has 1 heterocycles. The molecule has 0 aromatic rings. The van der Waals surface area contributed by atoms with E-state index in [4.69, 9.17) is 14.5 Å². The van der Waals surface area contributed by atoms with Gasteiger partial charge in [0.2, 0.25) is 0 Å². The van der Waals surface area contributed by atoms with E-state index in [2.05, 4.69) is 15.2 Å². The molecule has 1 aliphatic heterocycles. The number of nitrogens with one attached hydrogen (secondary N) is 2. The molecule has 1 saturated carbocycles. The van der Waals surface area contributed by atoms with Crippen molar-refractivity contribution in [1.82, 2.24) is 10.6 Å². The van der Waals surface area contributed by atoms with Crippen molar-refractivity contribution >= 4 is 19.8 Å². The number of carbonyl (C=O) groups excluding carboxylic acids is 2. The van der Waals surface area contributed by atoms with Crippen molar-refractivity contribution in [3.63, 3.8) is 0 Å². The molecule has 12 heteroatoms. The molecule has 0 radical (unpaired) electrons. The molecule has 0 aromatic heterocycles. The average molecular weight is 493 g/mol. The van der Waals surface area contributed by atoms with Gasteiger partial charge in [0, 0.05) is 0 Å². The fourth-order valence-electron chi connectivity index (χ4n) is 4.11. The summed E-state index contributed by atoms with van der Waals surface area (Å²) in [6, 6.07) is -0.934. The second-order valence-corrected chi connectivity index (χ2v) is 9.94. The SMILES string of the molecule is O=C(/C=C\C1CCCCCCCCCCC1)NC(=O)NC1OC(COP(=O)(O)O)C(O)C1O. The van der Waals surface area contributed by atoms with Gasteiger partial charge in [-0.05, 0) is 24.8 Å². The Hall–Kier alpha value is -1.33. The van der Waals surface area contributed by atoms with Crippen LogP contribution in [0, 0.1) is 5.92 Å². The Balaban J connectivity index is 1.78. The highest BCUT2D eigenvalue weighted by Crippen LogP contribution is 2.37. The quantitative estimate of drug-likeness (QED) is 0.239. The van der Waals surface area contributed by atoms with Crippen LogP contribution in [-0.4, -0.2) is 63.1 Å². The van der Waals surface area contributed by atoms with E-state index in [9.17, 15) is 24.4 Å². The smallest absolute Gasteiger partial charge is 0.387 e. The van der Waals surface area contributed by atoms with Gasteiger partial charge in [-0.15, -0.1) is 0 Å². The summed E-state index contributed by atoms with van der Waals surface area (Å²) in [5, 5.41) is 24.2. The third kappa shape index (κ3) is 11.1. The van der Waals surface area contributed by atoms with Crippen molar-refractivity contribution in [2.24, 2.45) is 5.92 Å². The fourth-order valence-corrected chi connectivity index (χ4v) is 4.45. The summed E-state index contributed by atoms with van der Waals surface area (Å²) in [7, 11) is -4.79. The molecule has 2 rings (SSSR count). The molecule has 1 aliphatic carbocycles. The van der Waals surface area contributed by atoms with Crippen molar-refractivity contribution in [1.29, 1.82) is 0 Å². The molecular formula is C21H37N2O9P. The van der Waals surface area contributed by atoms with Crippen molar-refractivity contribution in [3.8, 4) is 0 Å². The van der Waals surface area contributed by atoms with E-state index in [0.717, 1.165) is 25.7 Å². The zero-order valence-electron chi connectivity index (χ0n) is 18.8. The number of aliphatic hydroxyl groups excluding tert-OH is 2. The molecule has 0 spiro atoms. The molecule has 0 bridgehead atoms. The van der Waals surface area contributed by atoms with Gasteiger partial charge in [0.05, 0.1) is 6.61 Å². The van der Waals surface area contributed by atoms with Crippen molar-refractivity contribution in [3.05, 3.63) is 12.2 Å². The first-order valence-electron chi connectivity index (χ1n) is 11.7. The van der Waals surface area contributed by atoms with Gasteiger partial charge in [-0.25, -0.2) is 9.36 Å². The highest BCUT2D eigenvalue weighted by atomic mass is 31.2. The van der Waals surface area contributed by atoms with Gasteiger partial charge in [0.1, 0.15) is 18.3 Å². The molecule has 3 amide bonds. The summed E-state index contributed by atoms with van der Waals surface area (Å²) in [6.07, 6.45) is 10.4. The first-order valence-corrected chi connectivity index (χ1v) is 13.2. The van der Waals surface area contributed by atoms with E-state index in [-0.39, 0.29) is 5.92 Å². The summed E-state index contributed by atoms with van der Waals surface area (Å²) in [4.78, 5) is 41.7. The molecule has 0 aromatic carbocycles. The van der Waals surface area contributed by atoms with Crippen molar-refractivity contribution in [2.45, 2.75) is 95.2 Å². The van der Waals surface area contributed by atoms with Gasteiger partial charge in [0.15, 0.2) is 6.23 Å². The lowest BCUT2D eigenvalue weighted by Crippen LogP contribution is -2.49. The van der Waals surface area contributed by atoms with E-state index in [1.165, 1.54) is 51.0 Å². The zero-order chi connectivity index (χ0) is 24.3. The monoisotopic (exact) mass is 492 g/mol. The number of amides is 3. The van der Waals surface area contributed by atoms with Gasteiger partial charge in [0.25, 0.3) is 5.91 Å². The summed E-state index contributed by atoms with van der Waals surface area (Å²) in [6.45, 7) is -0.689. The zero-order valence-corrected chi connectivity index (χ0v) is 19.7. The summed E-state index contributed by atoms with van der Waals surface area (Å²) < 4.78 is 20.2. The number of ether oxygens (including phenoxy) is 1.